The maximum atomic E-state index is 12.7. The normalized spacial score (nSPS) is 10.7. The first kappa shape index (κ1) is 23.8. The second-order valence-electron chi connectivity index (χ2n) is 7.47. The lowest BCUT2D eigenvalue weighted by atomic mass is 10.1. The van der Waals surface area contributed by atoms with Gasteiger partial charge in [0.2, 0.25) is 0 Å². The monoisotopic (exact) mass is 484 g/mol. The van der Waals surface area contributed by atoms with Crippen LogP contribution in [0.5, 0.6) is 17.2 Å². The number of hydrogen-bond donors (Lipinski definition) is 3. The zero-order valence-corrected chi connectivity index (χ0v) is 19.2. The molecule has 0 aliphatic heterocycles. The van der Waals surface area contributed by atoms with Crippen molar-refractivity contribution in [2.24, 2.45) is 5.10 Å². The van der Waals surface area contributed by atoms with Crippen molar-refractivity contribution < 1.29 is 28.6 Å². The molecule has 0 saturated carbocycles. The van der Waals surface area contributed by atoms with Crippen LogP contribution in [0.2, 0.25) is 0 Å². The number of phenols is 1. The van der Waals surface area contributed by atoms with E-state index in [1.54, 1.807) is 55.6 Å². The number of carbonyl (C=O) groups excluding carboxylic acids is 2. The highest BCUT2D eigenvalue weighted by Gasteiger charge is 2.14. The third-order valence-electron chi connectivity index (χ3n) is 5.19. The molecule has 10 heteroatoms. The predicted molar refractivity (Wildman–Crippen MR) is 132 cm³/mol. The first-order chi connectivity index (χ1) is 17.4. The van der Waals surface area contributed by atoms with E-state index in [0.717, 1.165) is 5.39 Å². The molecule has 36 heavy (non-hydrogen) atoms. The van der Waals surface area contributed by atoms with Gasteiger partial charge in [0.1, 0.15) is 28.9 Å². The highest BCUT2D eigenvalue weighted by atomic mass is 16.5. The minimum absolute atomic E-state index is 0.0201. The van der Waals surface area contributed by atoms with Gasteiger partial charge in [0.05, 0.1) is 26.0 Å². The van der Waals surface area contributed by atoms with Crippen LogP contribution in [0.15, 0.2) is 70.2 Å². The number of nitriles is 1. The van der Waals surface area contributed by atoms with Gasteiger partial charge in [0.15, 0.2) is 5.76 Å². The van der Waals surface area contributed by atoms with E-state index in [-0.39, 0.29) is 22.6 Å². The van der Waals surface area contributed by atoms with Crippen LogP contribution in [0, 0.1) is 11.3 Å². The van der Waals surface area contributed by atoms with Crippen molar-refractivity contribution in [2.75, 3.05) is 19.5 Å². The Labute approximate surface area is 205 Å². The van der Waals surface area contributed by atoms with Gasteiger partial charge in [0, 0.05) is 28.3 Å². The van der Waals surface area contributed by atoms with Crippen LogP contribution in [0.3, 0.4) is 0 Å². The number of hydrogen-bond acceptors (Lipinski definition) is 8. The fourth-order valence-electron chi connectivity index (χ4n) is 3.34. The fraction of sp³-hybridized carbons (Fsp3) is 0.0769. The number of fused-ring (bicyclic) bond motifs is 1. The molecule has 0 atom stereocenters. The second-order valence-corrected chi connectivity index (χ2v) is 7.47. The first-order valence-corrected chi connectivity index (χ1v) is 10.6. The Hall–Kier alpha value is -5.30. The summed E-state index contributed by atoms with van der Waals surface area (Å²) in [6.45, 7) is 0. The summed E-state index contributed by atoms with van der Waals surface area (Å²) in [5.74, 6) is -0.0186. The molecule has 0 aliphatic carbocycles. The van der Waals surface area contributed by atoms with E-state index in [2.05, 4.69) is 15.8 Å². The molecule has 1 aromatic heterocycles. The minimum Gasteiger partial charge on any atom is -0.507 e. The van der Waals surface area contributed by atoms with Gasteiger partial charge in [-0.3, -0.25) is 9.59 Å². The van der Waals surface area contributed by atoms with Gasteiger partial charge in [-0.25, -0.2) is 5.43 Å². The van der Waals surface area contributed by atoms with Crippen LogP contribution < -0.4 is 20.2 Å². The average Bonchev–Trinajstić information content (AvgIpc) is 3.33. The molecule has 0 saturated heterocycles. The number of ether oxygens (including phenoxy) is 2. The summed E-state index contributed by atoms with van der Waals surface area (Å²) in [7, 11) is 3.02. The number of nitrogens with one attached hydrogen (secondary N) is 2. The van der Waals surface area contributed by atoms with E-state index in [9.17, 15) is 14.7 Å². The molecule has 4 rings (SSSR count). The molecule has 0 aliphatic rings. The van der Waals surface area contributed by atoms with Crippen LogP contribution >= 0.6 is 0 Å². The first-order valence-electron chi connectivity index (χ1n) is 10.6. The van der Waals surface area contributed by atoms with E-state index >= 15 is 0 Å². The molecule has 3 N–H and O–H groups in total. The van der Waals surface area contributed by atoms with Crippen molar-refractivity contribution in [2.45, 2.75) is 0 Å². The Morgan fingerprint density at radius 2 is 1.86 bits per heavy atom. The summed E-state index contributed by atoms with van der Waals surface area (Å²) in [4.78, 5) is 25.0. The molecular weight excluding hydrogens is 464 g/mol. The Balaban J connectivity index is 1.44. The van der Waals surface area contributed by atoms with E-state index in [1.165, 1.54) is 31.5 Å². The van der Waals surface area contributed by atoms with Crippen LogP contribution in [-0.4, -0.2) is 37.4 Å². The van der Waals surface area contributed by atoms with Crippen molar-refractivity contribution >= 4 is 34.7 Å². The molecule has 0 unspecified atom stereocenters. The highest BCUT2D eigenvalue weighted by Crippen LogP contribution is 2.26. The molecule has 2 amide bonds. The van der Waals surface area contributed by atoms with E-state index in [1.807, 2.05) is 0 Å². The topological polar surface area (TPSA) is 146 Å². The van der Waals surface area contributed by atoms with Crippen LogP contribution in [0.25, 0.3) is 11.0 Å². The SMILES string of the molecule is COc1ccc2oc(C(=O)Nc3ccc(/C=N/NC(=O)c4ccc(O)c(C#N)c4)c(OC)c3)cc2c1. The molecule has 180 valence electrons. The van der Waals surface area contributed by atoms with Crippen LogP contribution in [0.1, 0.15) is 32.0 Å². The summed E-state index contributed by atoms with van der Waals surface area (Å²) in [5.41, 5.74) is 4.05. The predicted octanol–water partition coefficient (Wildman–Crippen LogP) is 4.04. The summed E-state index contributed by atoms with van der Waals surface area (Å²) in [6, 6.07) is 17.5. The number of hydrazone groups is 1. The zero-order chi connectivity index (χ0) is 25.7. The average molecular weight is 484 g/mol. The standard InChI is InChI=1S/C26H20N4O6/c1-34-20-6-8-22-17(10-20)11-24(36-22)26(33)29-19-5-3-16(23(12-19)35-2)14-28-30-25(32)15-4-7-21(31)18(9-15)13-27/h3-12,14,31H,1-2H3,(H,29,33)(H,30,32)/b28-14+. The number of amides is 2. The minimum atomic E-state index is -0.561. The lowest BCUT2D eigenvalue weighted by Gasteiger charge is -2.09. The number of phenolic OH excluding ortho intramolecular Hbond substituents is 1. The van der Waals surface area contributed by atoms with Gasteiger partial charge in [-0.2, -0.15) is 10.4 Å². The number of furan rings is 1. The zero-order valence-electron chi connectivity index (χ0n) is 19.2. The summed E-state index contributed by atoms with van der Waals surface area (Å²) < 4.78 is 16.2. The van der Waals surface area contributed by atoms with Gasteiger partial charge in [-0.15, -0.1) is 0 Å². The van der Waals surface area contributed by atoms with Gasteiger partial charge >= 0.3 is 0 Å². The Morgan fingerprint density at radius 3 is 2.61 bits per heavy atom. The molecule has 10 nitrogen and oxygen atoms in total. The number of nitrogens with zero attached hydrogens (tertiary/aromatic N) is 2. The molecule has 0 spiro atoms. The van der Waals surface area contributed by atoms with Crippen molar-refractivity contribution in [1.82, 2.24) is 5.43 Å². The van der Waals surface area contributed by atoms with Gasteiger partial charge in [0.25, 0.3) is 11.8 Å². The van der Waals surface area contributed by atoms with Crippen LogP contribution in [-0.2, 0) is 0 Å². The molecule has 4 aromatic rings. The number of benzene rings is 3. The highest BCUT2D eigenvalue weighted by molar-refractivity contribution is 6.05. The summed E-state index contributed by atoms with van der Waals surface area (Å²) in [5, 5.41) is 26.0. The lowest BCUT2D eigenvalue weighted by Crippen LogP contribution is -2.17. The number of rotatable bonds is 7. The van der Waals surface area contributed by atoms with Crippen LogP contribution in [0.4, 0.5) is 5.69 Å². The Bertz CT molecular complexity index is 1530. The van der Waals surface area contributed by atoms with Crippen molar-refractivity contribution in [3.63, 3.8) is 0 Å². The van der Waals surface area contributed by atoms with Gasteiger partial charge in [-0.1, -0.05) is 0 Å². The molecule has 1 heterocycles. The largest absolute Gasteiger partial charge is 0.507 e. The quantitative estimate of drug-likeness (QED) is 0.265. The molecule has 0 fully saturated rings. The third kappa shape index (κ3) is 5.10. The fourth-order valence-corrected chi connectivity index (χ4v) is 3.34. The smallest absolute Gasteiger partial charge is 0.291 e. The Morgan fingerprint density at radius 1 is 1.03 bits per heavy atom. The maximum Gasteiger partial charge on any atom is 0.291 e. The summed E-state index contributed by atoms with van der Waals surface area (Å²) in [6.07, 6.45) is 1.38. The van der Waals surface area contributed by atoms with Crippen molar-refractivity contribution in [3.05, 3.63) is 83.1 Å². The van der Waals surface area contributed by atoms with E-state index in [0.29, 0.717) is 28.3 Å². The second kappa shape index (κ2) is 10.3. The van der Waals surface area contributed by atoms with Crippen molar-refractivity contribution in [1.29, 1.82) is 5.26 Å². The number of anilines is 1. The van der Waals surface area contributed by atoms with Gasteiger partial charge in [-0.05, 0) is 54.6 Å². The van der Waals surface area contributed by atoms with Gasteiger partial charge < -0.3 is 24.3 Å². The van der Waals surface area contributed by atoms with E-state index < -0.39 is 11.8 Å². The number of methoxy groups -OCH3 is 2. The number of carbonyl (C=O) groups is 2. The lowest BCUT2D eigenvalue weighted by molar-refractivity contribution is 0.0953. The summed E-state index contributed by atoms with van der Waals surface area (Å²) >= 11 is 0. The number of aromatic hydroxyl groups is 1. The molecular formula is C26H20N4O6. The van der Waals surface area contributed by atoms with Crippen molar-refractivity contribution in [3.8, 4) is 23.3 Å². The Kier molecular flexibility index (Phi) is 6.83. The molecule has 3 aromatic carbocycles. The third-order valence-corrected chi connectivity index (χ3v) is 5.19. The molecule has 0 bridgehead atoms. The molecule has 0 radical (unpaired) electrons. The van der Waals surface area contributed by atoms with E-state index in [4.69, 9.17) is 19.2 Å². The maximum absolute atomic E-state index is 12.7.